The van der Waals surface area contributed by atoms with Gasteiger partial charge in [0.05, 0.1) is 11.6 Å². The molecule has 0 saturated heterocycles. The standard InChI is InChI=1S/C10H6BrF3O2/c1-15-9-3-8-5(2-7(9)11)6(4-16-8)10(12,13)14/h2-4H,1H3. The summed E-state index contributed by atoms with van der Waals surface area (Å²) in [5, 5.41) is 0.0141. The molecule has 2 aromatic rings. The molecule has 2 rings (SSSR count). The maximum atomic E-state index is 12.6. The van der Waals surface area contributed by atoms with Crippen molar-refractivity contribution in [3.05, 3.63) is 28.4 Å². The summed E-state index contributed by atoms with van der Waals surface area (Å²) in [4.78, 5) is 0. The summed E-state index contributed by atoms with van der Waals surface area (Å²) >= 11 is 3.13. The van der Waals surface area contributed by atoms with E-state index in [1.807, 2.05) is 0 Å². The number of methoxy groups -OCH3 is 1. The quantitative estimate of drug-likeness (QED) is 0.786. The van der Waals surface area contributed by atoms with Gasteiger partial charge in [0.1, 0.15) is 23.2 Å². The zero-order chi connectivity index (χ0) is 11.9. The molecule has 1 aromatic carbocycles. The smallest absolute Gasteiger partial charge is 0.420 e. The zero-order valence-corrected chi connectivity index (χ0v) is 9.65. The molecular weight excluding hydrogens is 289 g/mol. The first kappa shape index (κ1) is 11.3. The average Bonchev–Trinajstić information content (AvgIpc) is 2.58. The summed E-state index contributed by atoms with van der Waals surface area (Å²) in [6.45, 7) is 0. The molecule has 0 bridgehead atoms. The molecule has 0 aliphatic rings. The van der Waals surface area contributed by atoms with Crippen molar-refractivity contribution in [3.8, 4) is 5.75 Å². The van der Waals surface area contributed by atoms with E-state index in [2.05, 4.69) is 15.9 Å². The molecule has 0 fully saturated rings. The van der Waals surface area contributed by atoms with Crippen LogP contribution >= 0.6 is 15.9 Å². The van der Waals surface area contributed by atoms with Crippen molar-refractivity contribution < 1.29 is 22.3 Å². The fraction of sp³-hybridized carbons (Fsp3) is 0.200. The third-order valence-corrected chi connectivity index (χ3v) is 2.77. The second-order valence-electron chi connectivity index (χ2n) is 3.13. The molecule has 86 valence electrons. The first-order valence-electron chi connectivity index (χ1n) is 4.25. The lowest BCUT2D eigenvalue weighted by Crippen LogP contribution is -2.03. The number of benzene rings is 1. The van der Waals surface area contributed by atoms with Crippen LogP contribution in [0.5, 0.6) is 5.75 Å². The van der Waals surface area contributed by atoms with Crippen LogP contribution in [0.25, 0.3) is 11.0 Å². The summed E-state index contributed by atoms with van der Waals surface area (Å²) in [5.74, 6) is 0.426. The number of hydrogen-bond acceptors (Lipinski definition) is 2. The fourth-order valence-electron chi connectivity index (χ4n) is 1.40. The number of rotatable bonds is 1. The molecule has 0 aliphatic heterocycles. The van der Waals surface area contributed by atoms with Crippen molar-refractivity contribution in [2.24, 2.45) is 0 Å². The zero-order valence-electron chi connectivity index (χ0n) is 8.06. The summed E-state index contributed by atoms with van der Waals surface area (Å²) in [7, 11) is 1.43. The highest BCUT2D eigenvalue weighted by molar-refractivity contribution is 9.10. The molecule has 6 heteroatoms. The molecule has 0 N–H and O–H groups in total. The number of ether oxygens (including phenoxy) is 1. The van der Waals surface area contributed by atoms with Crippen LogP contribution in [0.4, 0.5) is 13.2 Å². The van der Waals surface area contributed by atoms with Gasteiger partial charge in [0.25, 0.3) is 0 Å². The molecule has 1 aromatic heterocycles. The number of fused-ring (bicyclic) bond motifs is 1. The Bertz CT molecular complexity index is 531. The Morgan fingerprint density at radius 2 is 2.00 bits per heavy atom. The van der Waals surface area contributed by atoms with Crippen LogP contribution in [-0.4, -0.2) is 7.11 Å². The summed E-state index contributed by atoms with van der Waals surface area (Å²) in [6, 6.07) is 2.75. The van der Waals surface area contributed by atoms with Gasteiger partial charge in [-0.05, 0) is 22.0 Å². The third kappa shape index (κ3) is 1.77. The summed E-state index contributed by atoms with van der Waals surface area (Å²) in [6.07, 6.45) is -3.71. The van der Waals surface area contributed by atoms with Gasteiger partial charge in [-0.25, -0.2) is 0 Å². The molecule has 0 aliphatic carbocycles. The fourth-order valence-corrected chi connectivity index (χ4v) is 1.91. The van der Waals surface area contributed by atoms with Gasteiger partial charge in [-0.3, -0.25) is 0 Å². The van der Waals surface area contributed by atoms with Crippen LogP contribution in [0, 0.1) is 0 Å². The predicted octanol–water partition coefficient (Wildman–Crippen LogP) is 4.22. The van der Waals surface area contributed by atoms with Crippen molar-refractivity contribution >= 4 is 26.9 Å². The molecule has 1 heterocycles. The molecule has 0 radical (unpaired) electrons. The Kier molecular flexibility index (Phi) is 2.61. The topological polar surface area (TPSA) is 22.4 Å². The Morgan fingerprint density at radius 1 is 1.31 bits per heavy atom. The normalized spacial score (nSPS) is 12.1. The van der Waals surface area contributed by atoms with Gasteiger partial charge in [0.2, 0.25) is 0 Å². The number of halogens is 4. The largest absolute Gasteiger partial charge is 0.495 e. The highest BCUT2D eigenvalue weighted by Crippen LogP contribution is 2.39. The van der Waals surface area contributed by atoms with Gasteiger partial charge in [-0.1, -0.05) is 0 Å². The lowest BCUT2D eigenvalue weighted by molar-refractivity contribution is -0.136. The number of furan rings is 1. The van der Waals surface area contributed by atoms with Crippen LogP contribution in [0.3, 0.4) is 0 Å². The minimum atomic E-state index is -4.42. The second kappa shape index (κ2) is 3.69. The van der Waals surface area contributed by atoms with Crippen molar-refractivity contribution in [3.63, 3.8) is 0 Å². The van der Waals surface area contributed by atoms with E-state index < -0.39 is 11.7 Å². The third-order valence-electron chi connectivity index (χ3n) is 2.15. The van der Waals surface area contributed by atoms with Gasteiger partial charge < -0.3 is 9.15 Å². The Labute approximate surface area is 97.1 Å². The molecule has 0 unspecified atom stereocenters. The van der Waals surface area contributed by atoms with E-state index in [1.165, 1.54) is 19.2 Å². The van der Waals surface area contributed by atoms with Crippen LogP contribution in [0.2, 0.25) is 0 Å². The molecule has 16 heavy (non-hydrogen) atoms. The van der Waals surface area contributed by atoms with E-state index in [4.69, 9.17) is 9.15 Å². The molecule has 2 nitrogen and oxygen atoms in total. The summed E-state index contributed by atoms with van der Waals surface area (Å²) < 4.78 is 47.9. The predicted molar refractivity (Wildman–Crippen MR) is 55.5 cm³/mol. The van der Waals surface area contributed by atoms with Gasteiger partial charge in [0.15, 0.2) is 0 Å². The monoisotopic (exact) mass is 294 g/mol. The molecular formula is C10H6BrF3O2. The molecule has 0 amide bonds. The van der Waals surface area contributed by atoms with Crippen LogP contribution in [-0.2, 0) is 6.18 Å². The Hall–Kier alpha value is -1.17. The highest BCUT2D eigenvalue weighted by atomic mass is 79.9. The van der Waals surface area contributed by atoms with E-state index in [0.717, 1.165) is 0 Å². The Balaban J connectivity index is 2.70. The van der Waals surface area contributed by atoms with Gasteiger partial charge in [-0.15, -0.1) is 0 Å². The maximum absolute atomic E-state index is 12.6. The summed E-state index contributed by atoms with van der Waals surface area (Å²) in [5.41, 5.74) is -0.641. The lowest BCUT2D eigenvalue weighted by atomic mass is 10.1. The van der Waals surface area contributed by atoms with Crippen LogP contribution in [0.15, 0.2) is 27.3 Å². The van der Waals surface area contributed by atoms with Gasteiger partial charge in [-0.2, -0.15) is 13.2 Å². The average molecular weight is 295 g/mol. The first-order chi connectivity index (χ1) is 7.43. The molecule has 0 spiro atoms. The van der Waals surface area contributed by atoms with E-state index >= 15 is 0 Å². The van der Waals surface area contributed by atoms with Gasteiger partial charge in [0, 0.05) is 11.5 Å². The van der Waals surface area contributed by atoms with Crippen molar-refractivity contribution in [1.29, 1.82) is 0 Å². The molecule has 0 atom stereocenters. The van der Waals surface area contributed by atoms with E-state index in [9.17, 15) is 13.2 Å². The van der Waals surface area contributed by atoms with Crippen molar-refractivity contribution in [2.75, 3.05) is 7.11 Å². The number of hydrogen-bond donors (Lipinski definition) is 0. The van der Waals surface area contributed by atoms with Crippen molar-refractivity contribution in [2.45, 2.75) is 6.18 Å². The van der Waals surface area contributed by atoms with E-state index in [1.54, 1.807) is 0 Å². The number of alkyl halides is 3. The molecule has 0 saturated carbocycles. The second-order valence-corrected chi connectivity index (χ2v) is 3.98. The maximum Gasteiger partial charge on any atom is 0.420 e. The van der Waals surface area contributed by atoms with Crippen molar-refractivity contribution in [1.82, 2.24) is 0 Å². The lowest BCUT2D eigenvalue weighted by Gasteiger charge is -2.05. The highest BCUT2D eigenvalue weighted by Gasteiger charge is 2.34. The SMILES string of the molecule is COc1cc2occ(C(F)(F)F)c2cc1Br. The van der Waals surface area contributed by atoms with Crippen LogP contribution in [0.1, 0.15) is 5.56 Å². The minimum absolute atomic E-state index is 0.0141. The van der Waals surface area contributed by atoms with E-state index in [0.29, 0.717) is 16.5 Å². The van der Waals surface area contributed by atoms with Gasteiger partial charge >= 0.3 is 6.18 Å². The minimum Gasteiger partial charge on any atom is -0.495 e. The first-order valence-corrected chi connectivity index (χ1v) is 5.04. The van der Waals surface area contributed by atoms with E-state index in [-0.39, 0.29) is 11.0 Å². The van der Waals surface area contributed by atoms with Crippen LogP contribution < -0.4 is 4.74 Å². The Morgan fingerprint density at radius 3 is 2.56 bits per heavy atom.